The standard InChI is InChI=1S/C17H23F3N2O/c1-2-3-6-14(21)11-12-7-8-15-13(10-12)5-4-9-22(15)16(23)17(18,19)20/h7-8,10,14H,2-6,9,11,21H2,1H3. The maximum Gasteiger partial charge on any atom is 0.471 e. The van der Waals surface area contributed by atoms with Gasteiger partial charge >= 0.3 is 12.1 Å². The highest BCUT2D eigenvalue weighted by Gasteiger charge is 2.43. The number of carbonyl (C=O) groups excluding carboxylic acids is 1. The molecule has 1 unspecified atom stereocenters. The number of anilines is 1. The molecular formula is C17H23F3N2O. The molecule has 1 aromatic rings. The summed E-state index contributed by atoms with van der Waals surface area (Å²) in [6, 6.07) is 5.37. The summed E-state index contributed by atoms with van der Waals surface area (Å²) in [5.41, 5.74) is 8.29. The van der Waals surface area contributed by atoms with E-state index < -0.39 is 12.1 Å². The summed E-state index contributed by atoms with van der Waals surface area (Å²) in [5.74, 6) is -1.79. The van der Waals surface area contributed by atoms with E-state index in [1.54, 1.807) is 12.1 Å². The van der Waals surface area contributed by atoms with Gasteiger partial charge in [0, 0.05) is 18.3 Å². The maximum atomic E-state index is 12.7. The predicted octanol–water partition coefficient (Wildman–Crippen LogP) is 3.59. The van der Waals surface area contributed by atoms with E-state index in [4.69, 9.17) is 5.73 Å². The molecule has 0 spiro atoms. The van der Waals surface area contributed by atoms with Crippen LogP contribution in [0.5, 0.6) is 0 Å². The van der Waals surface area contributed by atoms with E-state index in [1.165, 1.54) is 0 Å². The smallest absolute Gasteiger partial charge is 0.327 e. The second-order valence-corrected chi connectivity index (χ2v) is 6.13. The number of nitrogens with zero attached hydrogens (tertiary/aromatic N) is 1. The molecule has 1 heterocycles. The van der Waals surface area contributed by atoms with Gasteiger partial charge in [-0.25, -0.2) is 0 Å². The van der Waals surface area contributed by atoms with Crippen LogP contribution in [0.25, 0.3) is 0 Å². The van der Waals surface area contributed by atoms with Gasteiger partial charge in [-0.1, -0.05) is 31.9 Å². The minimum absolute atomic E-state index is 0.0597. The molecule has 2 rings (SSSR count). The van der Waals surface area contributed by atoms with Crippen LogP contribution in [0, 0.1) is 0 Å². The molecule has 0 bridgehead atoms. The molecule has 0 fully saturated rings. The molecule has 1 amide bonds. The van der Waals surface area contributed by atoms with Crippen molar-refractivity contribution in [2.75, 3.05) is 11.4 Å². The number of benzene rings is 1. The Labute approximate surface area is 134 Å². The van der Waals surface area contributed by atoms with E-state index >= 15 is 0 Å². The van der Waals surface area contributed by atoms with Crippen molar-refractivity contribution >= 4 is 11.6 Å². The van der Waals surface area contributed by atoms with Gasteiger partial charge in [0.05, 0.1) is 0 Å². The molecule has 1 atom stereocenters. The predicted molar refractivity (Wildman–Crippen MR) is 84.4 cm³/mol. The maximum absolute atomic E-state index is 12.7. The summed E-state index contributed by atoms with van der Waals surface area (Å²) in [6.45, 7) is 2.22. The van der Waals surface area contributed by atoms with Gasteiger partial charge in [-0.05, 0) is 42.9 Å². The average molecular weight is 328 g/mol. The van der Waals surface area contributed by atoms with Gasteiger partial charge in [0.15, 0.2) is 0 Å². The fourth-order valence-electron chi connectivity index (χ4n) is 3.01. The molecule has 0 aliphatic carbocycles. The topological polar surface area (TPSA) is 46.3 Å². The molecule has 1 aliphatic rings. The number of alkyl halides is 3. The Morgan fingerprint density at radius 1 is 1.39 bits per heavy atom. The van der Waals surface area contributed by atoms with Crippen LogP contribution in [0.3, 0.4) is 0 Å². The van der Waals surface area contributed by atoms with Crippen molar-refractivity contribution < 1.29 is 18.0 Å². The lowest BCUT2D eigenvalue weighted by atomic mass is 9.95. The van der Waals surface area contributed by atoms with Crippen molar-refractivity contribution in [2.24, 2.45) is 5.73 Å². The number of amides is 1. The Bertz CT molecular complexity index is 557. The van der Waals surface area contributed by atoms with Crippen molar-refractivity contribution in [1.29, 1.82) is 0 Å². The van der Waals surface area contributed by atoms with E-state index in [0.29, 0.717) is 24.9 Å². The van der Waals surface area contributed by atoms with Crippen LogP contribution in [-0.4, -0.2) is 24.7 Å². The van der Waals surface area contributed by atoms with Crippen LogP contribution in [-0.2, 0) is 17.6 Å². The number of rotatable bonds is 5. The Morgan fingerprint density at radius 3 is 2.78 bits per heavy atom. The van der Waals surface area contributed by atoms with Crippen molar-refractivity contribution in [3.8, 4) is 0 Å². The Hall–Kier alpha value is -1.56. The van der Waals surface area contributed by atoms with Gasteiger partial charge in [-0.15, -0.1) is 0 Å². The number of fused-ring (bicyclic) bond motifs is 1. The van der Waals surface area contributed by atoms with Gasteiger partial charge in [0.2, 0.25) is 0 Å². The van der Waals surface area contributed by atoms with E-state index in [1.807, 2.05) is 6.07 Å². The first-order valence-electron chi connectivity index (χ1n) is 8.09. The van der Waals surface area contributed by atoms with E-state index in [9.17, 15) is 18.0 Å². The molecule has 6 heteroatoms. The summed E-state index contributed by atoms with van der Waals surface area (Å²) in [7, 11) is 0. The molecule has 0 aromatic heterocycles. The fraction of sp³-hybridized carbons (Fsp3) is 0.588. The second kappa shape index (κ2) is 7.34. The van der Waals surface area contributed by atoms with E-state index in [2.05, 4.69) is 6.92 Å². The molecule has 128 valence electrons. The normalized spacial score (nSPS) is 16.1. The van der Waals surface area contributed by atoms with Gasteiger partial charge < -0.3 is 10.6 Å². The van der Waals surface area contributed by atoms with Crippen LogP contribution in [0.15, 0.2) is 18.2 Å². The number of hydrogen-bond donors (Lipinski definition) is 1. The SMILES string of the molecule is CCCCC(N)Cc1ccc2c(c1)CCCN2C(=O)C(F)(F)F. The number of carbonyl (C=O) groups is 1. The van der Waals surface area contributed by atoms with Crippen LogP contribution >= 0.6 is 0 Å². The van der Waals surface area contributed by atoms with Crippen LogP contribution in [0.2, 0.25) is 0 Å². The first-order valence-corrected chi connectivity index (χ1v) is 8.09. The summed E-state index contributed by atoms with van der Waals surface area (Å²) in [4.78, 5) is 12.4. The highest BCUT2D eigenvalue weighted by atomic mass is 19.4. The third-order valence-electron chi connectivity index (χ3n) is 4.18. The Kier molecular flexibility index (Phi) is 5.68. The zero-order chi connectivity index (χ0) is 17.0. The third kappa shape index (κ3) is 4.47. The average Bonchev–Trinajstić information content (AvgIpc) is 2.50. The highest BCUT2D eigenvalue weighted by molar-refractivity contribution is 5.98. The molecule has 0 saturated carbocycles. The van der Waals surface area contributed by atoms with Crippen molar-refractivity contribution in [3.05, 3.63) is 29.3 Å². The zero-order valence-corrected chi connectivity index (χ0v) is 13.3. The third-order valence-corrected chi connectivity index (χ3v) is 4.18. The minimum Gasteiger partial charge on any atom is -0.327 e. The van der Waals surface area contributed by atoms with Gasteiger partial charge in [0.1, 0.15) is 0 Å². The molecule has 1 aromatic carbocycles. The minimum atomic E-state index is -4.84. The lowest BCUT2D eigenvalue weighted by Crippen LogP contribution is -2.43. The van der Waals surface area contributed by atoms with Crippen LogP contribution < -0.4 is 10.6 Å². The molecule has 0 radical (unpaired) electrons. The number of halogens is 3. The summed E-state index contributed by atoms with van der Waals surface area (Å²) < 4.78 is 38.1. The summed E-state index contributed by atoms with van der Waals surface area (Å²) in [5, 5.41) is 0. The Balaban J connectivity index is 2.15. The van der Waals surface area contributed by atoms with Gasteiger partial charge in [0.25, 0.3) is 0 Å². The van der Waals surface area contributed by atoms with Gasteiger partial charge in [-0.3, -0.25) is 4.79 Å². The largest absolute Gasteiger partial charge is 0.471 e. The lowest BCUT2D eigenvalue weighted by Gasteiger charge is -2.30. The van der Waals surface area contributed by atoms with Crippen LogP contribution in [0.4, 0.5) is 18.9 Å². The first kappa shape index (κ1) is 17.8. The molecule has 1 aliphatic heterocycles. The molecule has 0 saturated heterocycles. The van der Waals surface area contributed by atoms with Crippen molar-refractivity contribution in [3.63, 3.8) is 0 Å². The molecule has 2 N–H and O–H groups in total. The number of unbranched alkanes of at least 4 members (excludes halogenated alkanes) is 1. The monoisotopic (exact) mass is 328 g/mol. The van der Waals surface area contributed by atoms with Crippen LogP contribution in [0.1, 0.15) is 43.7 Å². The first-order chi connectivity index (χ1) is 10.8. The zero-order valence-electron chi connectivity index (χ0n) is 13.3. The Morgan fingerprint density at radius 2 is 2.13 bits per heavy atom. The number of nitrogens with two attached hydrogens (primary N) is 1. The molecular weight excluding hydrogens is 305 g/mol. The number of aryl methyl sites for hydroxylation is 1. The number of hydrogen-bond acceptors (Lipinski definition) is 2. The fourth-order valence-corrected chi connectivity index (χ4v) is 3.01. The van der Waals surface area contributed by atoms with E-state index in [0.717, 1.165) is 35.3 Å². The summed E-state index contributed by atoms with van der Waals surface area (Å²) in [6.07, 6.45) is 0.199. The van der Waals surface area contributed by atoms with E-state index in [-0.39, 0.29) is 12.6 Å². The lowest BCUT2D eigenvalue weighted by molar-refractivity contribution is -0.170. The highest BCUT2D eigenvalue weighted by Crippen LogP contribution is 2.32. The van der Waals surface area contributed by atoms with Crippen molar-refractivity contribution in [1.82, 2.24) is 0 Å². The van der Waals surface area contributed by atoms with Gasteiger partial charge in [-0.2, -0.15) is 13.2 Å². The summed E-state index contributed by atoms with van der Waals surface area (Å²) >= 11 is 0. The second-order valence-electron chi connectivity index (χ2n) is 6.13. The van der Waals surface area contributed by atoms with Crippen molar-refractivity contribution in [2.45, 2.75) is 57.7 Å². The molecule has 3 nitrogen and oxygen atoms in total. The quantitative estimate of drug-likeness (QED) is 0.898. The molecule has 23 heavy (non-hydrogen) atoms.